The lowest BCUT2D eigenvalue weighted by molar-refractivity contribution is 0.470. The number of hydrogen-bond acceptors (Lipinski definition) is 3. The van der Waals surface area contributed by atoms with Crippen LogP contribution in [0.4, 0.5) is 13.2 Å². The minimum absolute atomic E-state index is 0.137. The Hall–Kier alpha value is -2.67. The van der Waals surface area contributed by atoms with Crippen molar-refractivity contribution in [2.75, 3.05) is 6.54 Å². The van der Waals surface area contributed by atoms with Gasteiger partial charge in [0.2, 0.25) is 0 Å². The molecule has 0 spiro atoms. The molecular formula is C19H15F3N4. The molecule has 26 heavy (non-hydrogen) atoms. The molecule has 2 N–H and O–H groups in total. The first-order chi connectivity index (χ1) is 12.6. The third-order valence-corrected chi connectivity index (χ3v) is 5.39. The zero-order chi connectivity index (χ0) is 17.8. The number of hydrogen-bond donors (Lipinski definition) is 2. The molecule has 0 amide bonds. The van der Waals surface area contributed by atoms with Gasteiger partial charge in [0.1, 0.15) is 5.82 Å². The molecule has 3 aromatic rings. The summed E-state index contributed by atoms with van der Waals surface area (Å²) in [4.78, 5) is 3.24. The van der Waals surface area contributed by atoms with Crippen molar-refractivity contribution >= 4 is 0 Å². The minimum Gasteiger partial charge on any atom is -0.364 e. The monoisotopic (exact) mass is 356 g/mol. The Balaban J connectivity index is 1.66. The average Bonchev–Trinajstić information content (AvgIpc) is 2.99. The summed E-state index contributed by atoms with van der Waals surface area (Å²) >= 11 is 0. The maximum atomic E-state index is 14.4. The summed E-state index contributed by atoms with van der Waals surface area (Å²) in [5.74, 6) is -3.39. The zero-order valence-corrected chi connectivity index (χ0v) is 13.7. The first-order valence-electron chi connectivity index (χ1n) is 8.52. The Bertz CT molecular complexity index is 1010. The molecule has 2 unspecified atom stereocenters. The molecule has 5 rings (SSSR count). The van der Waals surface area contributed by atoms with Crippen molar-refractivity contribution in [3.63, 3.8) is 0 Å². The van der Waals surface area contributed by atoms with E-state index < -0.39 is 23.4 Å². The molecule has 2 aliphatic rings. The second-order valence-electron chi connectivity index (χ2n) is 6.76. The standard InChI is InChI=1S/C19H15F3N4/c20-13-6-15(22)14(21)5-11(13)12-8-24-19-16-10(7-23-18(12)16)2-1-9-3-4-25-26-17(9)19/h3-7,12,19,23-24H,1-2,8H2. The summed E-state index contributed by atoms with van der Waals surface area (Å²) in [6.45, 7) is 0.385. The normalized spacial score (nSPS) is 21.0. The van der Waals surface area contributed by atoms with E-state index in [1.807, 2.05) is 12.3 Å². The summed E-state index contributed by atoms with van der Waals surface area (Å²) in [5.41, 5.74) is 5.12. The van der Waals surface area contributed by atoms with Crippen molar-refractivity contribution in [2.24, 2.45) is 0 Å². The van der Waals surface area contributed by atoms with Crippen molar-refractivity contribution < 1.29 is 13.2 Å². The van der Waals surface area contributed by atoms with Crippen molar-refractivity contribution in [3.8, 4) is 0 Å². The van der Waals surface area contributed by atoms with Crippen LogP contribution in [0, 0.1) is 17.5 Å². The molecule has 1 aliphatic carbocycles. The third-order valence-electron chi connectivity index (χ3n) is 5.39. The molecule has 4 nitrogen and oxygen atoms in total. The van der Waals surface area contributed by atoms with Crippen LogP contribution in [-0.2, 0) is 12.8 Å². The number of aromatic nitrogens is 3. The molecule has 1 aromatic carbocycles. The van der Waals surface area contributed by atoms with Crippen LogP contribution in [0.1, 0.15) is 45.6 Å². The molecule has 1 aliphatic heterocycles. The highest BCUT2D eigenvalue weighted by Gasteiger charge is 2.37. The van der Waals surface area contributed by atoms with Crippen LogP contribution in [-0.4, -0.2) is 21.7 Å². The van der Waals surface area contributed by atoms with Crippen LogP contribution < -0.4 is 5.32 Å². The van der Waals surface area contributed by atoms with Gasteiger partial charge in [-0.15, -0.1) is 0 Å². The lowest BCUT2D eigenvalue weighted by Gasteiger charge is -2.31. The topological polar surface area (TPSA) is 53.6 Å². The fraction of sp³-hybridized carbons (Fsp3) is 0.263. The van der Waals surface area contributed by atoms with E-state index in [1.54, 1.807) is 6.20 Å². The van der Waals surface area contributed by atoms with E-state index in [0.717, 1.165) is 47.0 Å². The molecule has 0 bridgehead atoms. The van der Waals surface area contributed by atoms with Crippen LogP contribution in [0.2, 0.25) is 0 Å². The molecule has 7 heteroatoms. The molecule has 0 fully saturated rings. The van der Waals surface area contributed by atoms with Crippen LogP contribution in [0.15, 0.2) is 30.6 Å². The minimum atomic E-state index is -1.18. The maximum Gasteiger partial charge on any atom is 0.161 e. The van der Waals surface area contributed by atoms with Gasteiger partial charge in [-0.2, -0.15) is 10.2 Å². The lowest BCUT2D eigenvalue weighted by Crippen LogP contribution is -2.35. The van der Waals surface area contributed by atoms with Gasteiger partial charge in [-0.3, -0.25) is 0 Å². The van der Waals surface area contributed by atoms with Crippen LogP contribution >= 0.6 is 0 Å². The van der Waals surface area contributed by atoms with Crippen molar-refractivity contribution in [3.05, 3.63) is 81.7 Å². The summed E-state index contributed by atoms with van der Waals surface area (Å²) < 4.78 is 41.4. The Morgan fingerprint density at radius 1 is 1.00 bits per heavy atom. The van der Waals surface area contributed by atoms with E-state index >= 15 is 0 Å². The Labute approximate surface area is 147 Å². The number of nitrogens with one attached hydrogen (secondary N) is 2. The number of aromatic amines is 1. The van der Waals surface area contributed by atoms with Gasteiger partial charge in [-0.25, -0.2) is 13.2 Å². The summed E-state index contributed by atoms with van der Waals surface area (Å²) in [6.07, 6.45) is 5.28. The Kier molecular flexibility index (Phi) is 3.40. The number of nitrogens with zero attached hydrogens (tertiary/aromatic N) is 2. The van der Waals surface area contributed by atoms with E-state index in [2.05, 4.69) is 20.5 Å². The molecule has 0 saturated carbocycles. The van der Waals surface area contributed by atoms with Gasteiger partial charge in [0.05, 0.1) is 11.7 Å². The van der Waals surface area contributed by atoms with Gasteiger partial charge in [0.15, 0.2) is 11.6 Å². The molecule has 2 aromatic heterocycles. The predicted molar refractivity (Wildman–Crippen MR) is 88.2 cm³/mol. The first-order valence-corrected chi connectivity index (χ1v) is 8.52. The highest BCUT2D eigenvalue weighted by atomic mass is 19.2. The fourth-order valence-electron chi connectivity index (χ4n) is 4.17. The number of rotatable bonds is 1. The Morgan fingerprint density at radius 3 is 2.69 bits per heavy atom. The first kappa shape index (κ1) is 15.6. The molecule has 132 valence electrons. The molecular weight excluding hydrogens is 341 g/mol. The lowest BCUT2D eigenvalue weighted by atomic mass is 9.85. The van der Waals surface area contributed by atoms with Crippen LogP contribution in [0.3, 0.4) is 0 Å². The van der Waals surface area contributed by atoms with Crippen LogP contribution in [0.25, 0.3) is 0 Å². The van der Waals surface area contributed by atoms with Crippen molar-refractivity contribution in [1.29, 1.82) is 0 Å². The molecule has 0 saturated heterocycles. The molecule has 0 radical (unpaired) electrons. The second-order valence-corrected chi connectivity index (χ2v) is 6.76. The van der Waals surface area contributed by atoms with Crippen molar-refractivity contribution in [1.82, 2.24) is 20.5 Å². The Morgan fingerprint density at radius 2 is 1.81 bits per heavy atom. The number of fused-ring (bicyclic) bond motifs is 2. The predicted octanol–water partition coefficient (Wildman–Crippen LogP) is 3.15. The highest BCUT2D eigenvalue weighted by Crippen LogP contribution is 2.41. The van der Waals surface area contributed by atoms with Gasteiger partial charge < -0.3 is 10.3 Å². The molecule has 3 heterocycles. The van der Waals surface area contributed by atoms with E-state index in [9.17, 15) is 13.2 Å². The van der Waals surface area contributed by atoms with E-state index in [0.29, 0.717) is 12.6 Å². The summed E-state index contributed by atoms with van der Waals surface area (Å²) in [6, 6.07) is 3.40. The van der Waals surface area contributed by atoms with Gasteiger partial charge >= 0.3 is 0 Å². The van der Waals surface area contributed by atoms with E-state index in [4.69, 9.17) is 0 Å². The van der Waals surface area contributed by atoms with Gasteiger partial charge in [-0.05, 0) is 41.7 Å². The van der Waals surface area contributed by atoms with E-state index in [-0.39, 0.29) is 11.6 Å². The number of aryl methyl sites for hydroxylation is 2. The second kappa shape index (κ2) is 5.67. The maximum absolute atomic E-state index is 14.4. The highest BCUT2D eigenvalue weighted by molar-refractivity contribution is 5.49. The zero-order valence-electron chi connectivity index (χ0n) is 13.7. The number of benzene rings is 1. The summed E-state index contributed by atoms with van der Waals surface area (Å²) in [5, 5.41) is 11.7. The number of halogens is 3. The van der Waals surface area contributed by atoms with Crippen LogP contribution in [0.5, 0.6) is 0 Å². The SMILES string of the molecule is Fc1cc(F)c(C2CNC3c4nnccc4CCc4c[nH]c2c43)cc1F. The number of H-pyrrole nitrogens is 1. The van der Waals surface area contributed by atoms with Crippen molar-refractivity contribution in [2.45, 2.75) is 24.8 Å². The third kappa shape index (κ3) is 2.20. The summed E-state index contributed by atoms with van der Waals surface area (Å²) in [7, 11) is 0. The van der Waals surface area contributed by atoms with E-state index in [1.165, 1.54) is 0 Å². The fourth-order valence-corrected chi connectivity index (χ4v) is 4.17. The average molecular weight is 356 g/mol. The largest absolute Gasteiger partial charge is 0.364 e. The quantitative estimate of drug-likeness (QED) is 0.659. The van der Waals surface area contributed by atoms with Gasteiger partial charge in [-0.1, -0.05) is 0 Å². The van der Waals surface area contributed by atoms with Gasteiger partial charge in [0.25, 0.3) is 0 Å². The smallest absolute Gasteiger partial charge is 0.161 e. The molecule has 2 atom stereocenters. The van der Waals surface area contributed by atoms with Gasteiger partial charge in [0, 0.05) is 42.2 Å².